The second-order valence-corrected chi connectivity index (χ2v) is 11.2. The lowest BCUT2D eigenvalue weighted by molar-refractivity contribution is 0.0349. The lowest BCUT2D eigenvalue weighted by Gasteiger charge is -2.28. The van der Waals surface area contributed by atoms with Crippen LogP contribution >= 0.6 is 0 Å². The number of benzene rings is 2. The summed E-state index contributed by atoms with van der Waals surface area (Å²) in [6, 6.07) is 17.4. The van der Waals surface area contributed by atoms with Gasteiger partial charge in [-0.3, -0.25) is 4.72 Å². The number of rotatable bonds is 8. The van der Waals surface area contributed by atoms with E-state index in [1.165, 1.54) is 5.56 Å². The average molecular weight is 445 g/mol. The summed E-state index contributed by atoms with van der Waals surface area (Å²) in [6.07, 6.45) is 3.51. The van der Waals surface area contributed by atoms with Gasteiger partial charge in [-0.25, -0.2) is 8.42 Å². The highest BCUT2D eigenvalue weighted by Gasteiger charge is 2.48. The van der Waals surface area contributed by atoms with Crippen molar-refractivity contribution in [3.05, 3.63) is 65.7 Å². The molecule has 4 rings (SSSR count). The van der Waals surface area contributed by atoms with Gasteiger partial charge in [0.2, 0.25) is 10.0 Å². The summed E-state index contributed by atoms with van der Waals surface area (Å²) in [7, 11) is -3.30. The van der Waals surface area contributed by atoms with Crippen molar-refractivity contribution in [3.8, 4) is 0 Å². The zero-order valence-electron chi connectivity index (χ0n) is 17.9. The average Bonchev–Trinajstić information content (AvgIpc) is 3.20. The molecule has 6 nitrogen and oxygen atoms in total. The molecule has 1 aliphatic heterocycles. The number of anilines is 1. The zero-order chi connectivity index (χ0) is 22.1. The number of sulfonamides is 1. The Morgan fingerprint density at radius 3 is 2.23 bits per heavy atom. The molecule has 7 heteroatoms. The van der Waals surface area contributed by atoms with Gasteiger partial charge in [0.25, 0.3) is 0 Å². The maximum atomic E-state index is 11.4. The van der Waals surface area contributed by atoms with Crippen molar-refractivity contribution in [2.45, 2.75) is 30.8 Å². The van der Waals surface area contributed by atoms with Crippen LogP contribution in [0.1, 0.15) is 29.9 Å². The molecule has 0 aromatic heterocycles. The van der Waals surface area contributed by atoms with Crippen LogP contribution in [0.5, 0.6) is 0 Å². The molecular weight excluding hydrogens is 412 g/mol. The normalized spacial score (nSPS) is 27.2. The van der Waals surface area contributed by atoms with E-state index in [0.29, 0.717) is 23.9 Å². The van der Waals surface area contributed by atoms with Crippen LogP contribution in [0, 0.1) is 11.8 Å². The number of aliphatic hydroxyl groups is 2. The standard InChI is InChI=1S/C24H32N2O4S/c1-31(29,30)25-23-9-7-19(8-10-23)22(17-27)16-26-14-20-12-24(28,13-21(20)15-26)11-18-5-3-2-4-6-18/h2-10,20-22,25,27-28H,11-17H2,1H3/t20-,21+,22?,24-. The maximum absolute atomic E-state index is 11.4. The molecule has 4 atom stereocenters. The topological polar surface area (TPSA) is 89.9 Å². The minimum Gasteiger partial charge on any atom is -0.396 e. The Labute approximate surface area is 185 Å². The number of aliphatic hydroxyl groups excluding tert-OH is 1. The van der Waals surface area contributed by atoms with Crippen molar-refractivity contribution in [3.63, 3.8) is 0 Å². The smallest absolute Gasteiger partial charge is 0.229 e. The summed E-state index contributed by atoms with van der Waals surface area (Å²) in [5.41, 5.74) is 2.10. The lowest BCUT2D eigenvalue weighted by Crippen LogP contribution is -2.34. The van der Waals surface area contributed by atoms with E-state index in [4.69, 9.17) is 0 Å². The quantitative estimate of drug-likeness (QED) is 0.582. The predicted octanol–water partition coefficient (Wildman–Crippen LogP) is 2.45. The van der Waals surface area contributed by atoms with Gasteiger partial charge in [0.1, 0.15) is 0 Å². The lowest BCUT2D eigenvalue weighted by atomic mass is 9.91. The monoisotopic (exact) mass is 444 g/mol. The number of nitrogens with one attached hydrogen (secondary N) is 1. The Hall–Kier alpha value is -1.93. The molecular formula is C24H32N2O4S. The molecule has 0 bridgehead atoms. The summed E-state index contributed by atoms with van der Waals surface area (Å²) in [4.78, 5) is 2.40. The first-order valence-corrected chi connectivity index (χ1v) is 12.8. The van der Waals surface area contributed by atoms with Gasteiger partial charge in [-0.1, -0.05) is 42.5 Å². The minimum atomic E-state index is -3.30. The largest absolute Gasteiger partial charge is 0.396 e. The van der Waals surface area contributed by atoms with Crippen LogP contribution in [0.4, 0.5) is 5.69 Å². The highest BCUT2D eigenvalue weighted by atomic mass is 32.2. The molecule has 1 saturated heterocycles. The molecule has 0 radical (unpaired) electrons. The molecule has 2 aromatic carbocycles. The molecule has 31 heavy (non-hydrogen) atoms. The van der Waals surface area contributed by atoms with Crippen molar-refractivity contribution in [1.82, 2.24) is 4.90 Å². The van der Waals surface area contributed by atoms with E-state index in [2.05, 4.69) is 21.8 Å². The maximum Gasteiger partial charge on any atom is 0.229 e. The third-order valence-corrected chi connectivity index (χ3v) is 7.30. The van der Waals surface area contributed by atoms with E-state index in [9.17, 15) is 18.6 Å². The first-order valence-electron chi connectivity index (χ1n) is 10.9. The summed E-state index contributed by atoms with van der Waals surface area (Å²) in [5, 5.41) is 21.1. The number of hydrogen-bond acceptors (Lipinski definition) is 5. The second kappa shape index (κ2) is 8.90. The molecule has 2 aromatic rings. The molecule has 1 heterocycles. The van der Waals surface area contributed by atoms with Crippen LogP contribution in [0.15, 0.2) is 54.6 Å². The Morgan fingerprint density at radius 2 is 1.68 bits per heavy atom. The third-order valence-electron chi connectivity index (χ3n) is 6.70. The van der Waals surface area contributed by atoms with Crippen LogP contribution in [0.3, 0.4) is 0 Å². The number of fused-ring (bicyclic) bond motifs is 1. The third kappa shape index (κ3) is 5.66. The Morgan fingerprint density at radius 1 is 1.06 bits per heavy atom. The van der Waals surface area contributed by atoms with Gasteiger partial charge in [0.05, 0.1) is 18.5 Å². The molecule has 2 aliphatic rings. The number of hydrogen-bond donors (Lipinski definition) is 3. The van der Waals surface area contributed by atoms with Crippen molar-refractivity contribution >= 4 is 15.7 Å². The van der Waals surface area contributed by atoms with Gasteiger partial charge in [-0.05, 0) is 47.9 Å². The van der Waals surface area contributed by atoms with Crippen LogP contribution in [0.2, 0.25) is 0 Å². The SMILES string of the molecule is CS(=O)(=O)Nc1ccc(C(CO)CN2C[C@@H]3C[C@@](O)(Cc4ccccc4)C[C@@H]3C2)cc1. The van der Waals surface area contributed by atoms with Crippen molar-refractivity contribution in [2.75, 3.05) is 37.2 Å². The first kappa shape index (κ1) is 22.3. The second-order valence-electron chi connectivity index (χ2n) is 9.41. The molecule has 0 spiro atoms. The summed E-state index contributed by atoms with van der Waals surface area (Å²) < 4.78 is 25.2. The molecule has 2 fully saturated rings. The van der Waals surface area contributed by atoms with Gasteiger partial charge in [0.15, 0.2) is 0 Å². The van der Waals surface area contributed by atoms with Crippen LogP contribution in [-0.4, -0.2) is 61.6 Å². The summed E-state index contributed by atoms with van der Waals surface area (Å²) in [6.45, 7) is 2.71. The van der Waals surface area contributed by atoms with E-state index in [0.717, 1.165) is 44.3 Å². The van der Waals surface area contributed by atoms with Crippen LogP contribution in [0.25, 0.3) is 0 Å². The van der Waals surface area contributed by atoms with Crippen LogP contribution < -0.4 is 4.72 Å². The highest BCUT2D eigenvalue weighted by molar-refractivity contribution is 7.92. The molecule has 1 aliphatic carbocycles. The van der Waals surface area contributed by atoms with Crippen molar-refractivity contribution in [2.24, 2.45) is 11.8 Å². The fourth-order valence-corrected chi connectivity index (χ4v) is 6.01. The number of nitrogens with zero attached hydrogens (tertiary/aromatic N) is 1. The fourth-order valence-electron chi connectivity index (χ4n) is 5.44. The van der Waals surface area contributed by atoms with E-state index < -0.39 is 15.6 Å². The Bertz CT molecular complexity index is 964. The zero-order valence-corrected chi connectivity index (χ0v) is 18.8. The predicted molar refractivity (Wildman–Crippen MR) is 122 cm³/mol. The van der Waals surface area contributed by atoms with E-state index in [1.54, 1.807) is 12.1 Å². The summed E-state index contributed by atoms with van der Waals surface area (Å²) >= 11 is 0. The van der Waals surface area contributed by atoms with Gasteiger partial charge in [0, 0.05) is 37.7 Å². The number of likely N-dealkylation sites (tertiary alicyclic amines) is 1. The Balaban J connectivity index is 1.33. The van der Waals surface area contributed by atoms with Crippen LogP contribution in [-0.2, 0) is 16.4 Å². The van der Waals surface area contributed by atoms with Gasteiger partial charge < -0.3 is 15.1 Å². The molecule has 3 N–H and O–H groups in total. The minimum absolute atomic E-state index is 0.0192. The van der Waals surface area contributed by atoms with Gasteiger partial charge in [-0.15, -0.1) is 0 Å². The highest BCUT2D eigenvalue weighted by Crippen LogP contribution is 2.45. The fraction of sp³-hybridized carbons (Fsp3) is 0.500. The summed E-state index contributed by atoms with van der Waals surface area (Å²) in [5.74, 6) is 0.970. The van der Waals surface area contributed by atoms with E-state index >= 15 is 0 Å². The van der Waals surface area contributed by atoms with E-state index in [-0.39, 0.29) is 12.5 Å². The first-order chi connectivity index (χ1) is 14.7. The molecule has 0 amide bonds. The van der Waals surface area contributed by atoms with Crippen molar-refractivity contribution < 1.29 is 18.6 Å². The van der Waals surface area contributed by atoms with Gasteiger partial charge in [-0.2, -0.15) is 0 Å². The van der Waals surface area contributed by atoms with Gasteiger partial charge >= 0.3 is 0 Å². The molecule has 168 valence electrons. The Kier molecular flexibility index (Phi) is 6.40. The molecule has 1 unspecified atom stereocenters. The molecule has 1 saturated carbocycles. The van der Waals surface area contributed by atoms with E-state index in [1.807, 2.05) is 30.3 Å². The van der Waals surface area contributed by atoms with Crippen molar-refractivity contribution in [1.29, 1.82) is 0 Å².